The van der Waals surface area contributed by atoms with Crippen LogP contribution in [0.15, 0.2) is 42.5 Å². The Bertz CT molecular complexity index is 337. The summed E-state index contributed by atoms with van der Waals surface area (Å²) in [7, 11) is 0. The largest absolute Gasteiger partial charge is 0.295 e. The van der Waals surface area contributed by atoms with Gasteiger partial charge in [0.2, 0.25) is 0 Å². The zero-order valence-electron chi connectivity index (χ0n) is 7.60. The van der Waals surface area contributed by atoms with Gasteiger partial charge in [-0.05, 0) is 11.6 Å². The fourth-order valence-corrected chi connectivity index (χ4v) is 1.77. The van der Waals surface area contributed by atoms with Crippen molar-refractivity contribution in [1.29, 1.82) is 0 Å². The molecule has 0 amide bonds. The highest BCUT2D eigenvalue weighted by Gasteiger charge is 2.26. The number of carbonyl (C=O) groups excluding carboxylic acids is 1. The van der Waals surface area contributed by atoms with Gasteiger partial charge in [0.05, 0.1) is 0 Å². The summed E-state index contributed by atoms with van der Waals surface area (Å²) in [6.07, 6.45) is 3.70. The third kappa shape index (κ3) is 1.42. The fraction of sp³-hybridized carbons (Fsp3) is 0.250. The quantitative estimate of drug-likeness (QED) is 0.636. The van der Waals surface area contributed by atoms with E-state index in [4.69, 9.17) is 0 Å². The van der Waals surface area contributed by atoms with Crippen molar-refractivity contribution in [2.45, 2.75) is 12.8 Å². The van der Waals surface area contributed by atoms with E-state index in [-0.39, 0.29) is 17.6 Å². The van der Waals surface area contributed by atoms with E-state index < -0.39 is 0 Å². The maximum Gasteiger partial charge on any atom is 0.159 e. The Morgan fingerprint density at radius 1 is 1.15 bits per heavy atom. The number of hydrogen-bond acceptors (Lipinski definition) is 1. The molecular weight excluding hydrogens is 160 g/mol. The summed E-state index contributed by atoms with van der Waals surface area (Å²) in [5.41, 5.74) is 1.23. The molecule has 0 bridgehead atoms. The van der Waals surface area contributed by atoms with Crippen LogP contribution in [0.3, 0.4) is 0 Å². The average molecular weight is 172 g/mol. The Morgan fingerprint density at radius 3 is 2.38 bits per heavy atom. The van der Waals surface area contributed by atoms with Crippen molar-refractivity contribution >= 4 is 5.78 Å². The van der Waals surface area contributed by atoms with Crippen molar-refractivity contribution < 1.29 is 4.79 Å². The first kappa shape index (κ1) is 8.24. The maximum absolute atomic E-state index is 11.3. The first-order valence-corrected chi connectivity index (χ1v) is 4.56. The Kier molecular flexibility index (Phi) is 2.01. The molecule has 0 heterocycles. The molecule has 0 saturated heterocycles. The van der Waals surface area contributed by atoms with Crippen LogP contribution in [0.5, 0.6) is 0 Å². The second kappa shape index (κ2) is 3.17. The van der Waals surface area contributed by atoms with Crippen LogP contribution < -0.4 is 0 Å². The lowest BCUT2D eigenvalue weighted by Crippen LogP contribution is -2.09. The lowest BCUT2D eigenvalue weighted by Gasteiger charge is -2.13. The van der Waals surface area contributed by atoms with Crippen molar-refractivity contribution in [3.8, 4) is 0 Å². The molecule has 1 aliphatic rings. The molecule has 1 aromatic carbocycles. The first-order valence-electron chi connectivity index (χ1n) is 4.56. The van der Waals surface area contributed by atoms with Crippen molar-refractivity contribution in [1.82, 2.24) is 0 Å². The Morgan fingerprint density at radius 2 is 1.85 bits per heavy atom. The standard InChI is InChI=1S/C12H12O/c1-9-11(7-8-12(9)13)10-5-3-2-4-6-10/h2-9,11H,1H3/t9-,11+/m0/s1. The molecule has 13 heavy (non-hydrogen) atoms. The van der Waals surface area contributed by atoms with Crippen molar-refractivity contribution in [3.63, 3.8) is 0 Å². The van der Waals surface area contributed by atoms with Crippen molar-refractivity contribution in [3.05, 3.63) is 48.0 Å². The number of allylic oxidation sites excluding steroid dienone is 2. The minimum absolute atomic E-state index is 0.113. The van der Waals surface area contributed by atoms with E-state index in [9.17, 15) is 4.79 Å². The molecule has 0 spiro atoms. The highest BCUT2D eigenvalue weighted by atomic mass is 16.1. The second-order valence-electron chi connectivity index (χ2n) is 3.49. The normalized spacial score (nSPS) is 26.7. The van der Waals surface area contributed by atoms with Gasteiger partial charge in [-0.15, -0.1) is 0 Å². The van der Waals surface area contributed by atoms with Crippen molar-refractivity contribution in [2.75, 3.05) is 0 Å². The molecule has 0 N–H and O–H groups in total. The Balaban J connectivity index is 2.29. The van der Waals surface area contributed by atoms with Gasteiger partial charge >= 0.3 is 0 Å². The van der Waals surface area contributed by atoms with Crippen molar-refractivity contribution in [2.24, 2.45) is 5.92 Å². The summed E-state index contributed by atoms with van der Waals surface area (Å²) in [5, 5.41) is 0. The molecule has 0 radical (unpaired) electrons. The predicted molar refractivity (Wildman–Crippen MR) is 52.5 cm³/mol. The molecule has 0 unspecified atom stereocenters. The van der Waals surface area contributed by atoms with Crippen LogP contribution in [-0.2, 0) is 4.79 Å². The maximum atomic E-state index is 11.3. The highest BCUT2D eigenvalue weighted by Crippen LogP contribution is 2.31. The van der Waals surface area contributed by atoms with Crippen LogP contribution in [0.4, 0.5) is 0 Å². The van der Waals surface area contributed by atoms with Gasteiger partial charge in [-0.25, -0.2) is 0 Å². The average Bonchev–Trinajstić information content (AvgIpc) is 2.49. The molecule has 1 aliphatic carbocycles. The fourth-order valence-electron chi connectivity index (χ4n) is 1.77. The van der Waals surface area contributed by atoms with Crippen LogP contribution in [0.25, 0.3) is 0 Å². The van der Waals surface area contributed by atoms with E-state index in [0.717, 1.165) is 0 Å². The molecule has 66 valence electrons. The van der Waals surface area contributed by atoms with Gasteiger partial charge in [-0.2, -0.15) is 0 Å². The summed E-state index contributed by atoms with van der Waals surface area (Å²) < 4.78 is 0. The molecular formula is C12H12O. The SMILES string of the molecule is C[C@@H]1C(=O)C=C[C@H]1c1ccccc1. The second-order valence-corrected chi connectivity index (χ2v) is 3.49. The van der Waals surface area contributed by atoms with Crippen LogP contribution >= 0.6 is 0 Å². The number of carbonyl (C=O) groups is 1. The molecule has 1 heteroatoms. The van der Waals surface area contributed by atoms with E-state index in [2.05, 4.69) is 12.1 Å². The third-order valence-electron chi connectivity index (χ3n) is 2.64. The lowest BCUT2D eigenvalue weighted by molar-refractivity contribution is -0.117. The number of hydrogen-bond donors (Lipinski definition) is 0. The highest BCUT2D eigenvalue weighted by molar-refractivity contribution is 5.95. The molecule has 1 aromatic rings. The molecule has 2 atom stereocenters. The zero-order valence-corrected chi connectivity index (χ0v) is 7.60. The topological polar surface area (TPSA) is 17.1 Å². The Hall–Kier alpha value is -1.37. The monoisotopic (exact) mass is 172 g/mol. The van der Waals surface area contributed by atoms with Gasteiger partial charge < -0.3 is 0 Å². The van der Waals surface area contributed by atoms with Gasteiger partial charge in [0.15, 0.2) is 5.78 Å². The number of rotatable bonds is 1. The number of ketones is 1. The lowest BCUT2D eigenvalue weighted by atomic mass is 9.90. The number of benzene rings is 1. The van der Waals surface area contributed by atoms with E-state index in [0.29, 0.717) is 0 Å². The summed E-state index contributed by atoms with van der Waals surface area (Å²) >= 11 is 0. The molecule has 1 nitrogen and oxygen atoms in total. The van der Waals surface area contributed by atoms with Crippen LogP contribution in [0.1, 0.15) is 18.4 Å². The molecule has 0 saturated carbocycles. The van der Waals surface area contributed by atoms with Crippen LogP contribution in [-0.4, -0.2) is 5.78 Å². The van der Waals surface area contributed by atoms with E-state index in [1.165, 1.54) is 5.56 Å². The van der Waals surface area contributed by atoms with E-state index >= 15 is 0 Å². The van der Waals surface area contributed by atoms with Crippen LogP contribution in [0.2, 0.25) is 0 Å². The van der Waals surface area contributed by atoms with Gasteiger partial charge in [-0.3, -0.25) is 4.79 Å². The predicted octanol–water partition coefficient (Wildman–Crippen LogP) is 2.55. The summed E-state index contributed by atoms with van der Waals surface area (Å²) in [4.78, 5) is 11.3. The molecule has 0 aliphatic heterocycles. The molecule has 2 rings (SSSR count). The molecule has 0 fully saturated rings. The Labute approximate surface area is 78.1 Å². The van der Waals surface area contributed by atoms with E-state index in [1.54, 1.807) is 6.08 Å². The van der Waals surface area contributed by atoms with E-state index in [1.807, 2.05) is 31.2 Å². The van der Waals surface area contributed by atoms with Gasteiger partial charge in [-0.1, -0.05) is 43.3 Å². The van der Waals surface area contributed by atoms with Crippen LogP contribution in [0, 0.1) is 5.92 Å². The van der Waals surface area contributed by atoms with Gasteiger partial charge in [0.25, 0.3) is 0 Å². The minimum atomic E-state index is 0.113. The summed E-state index contributed by atoms with van der Waals surface area (Å²) in [6.45, 7) is 1.99. The smallest absolute Gasteiger partial charge is 0.159 e. The minimum Gasteiger partial charge on any atom is -0.295 e. The van der Waals surface area contributed by atoms with Gasteiger partial charge in [0, 0.05) is 11.8 Å². The zero-order chi connectivity index (χ0) is 9.26. The van der Waals surface area contributed by atoms with Gasteiger partial charge in [0.1, 0.15) is 0 Å². The summed E-state index contributed by atoms with van der Waals surface area (Å²) in [5.74, 6) is 0.643. The third-order valence-corrected chi connectivity index (χ3v) is 2.64. The molecule has 0 aromatic heterocycles. The first-order chi connectivity index (χ1) is 6.29. The summed E-state index contributed by atoms with van der Waals surface area (Å²) in [6, 6.07) is 10.2.